The van der Waals surface area contributed by atoms with E-state index in [1.807, 2.05) is 0 Å². The van der Waals surface area contributed by atoms with Gasteiger partial charge in [0.1, 0.15) is 11.5 Å². The maximum atomic E-state index is 11.2. The van der Waals surface area contributed by atoms with E-state index in [-0.39, 0.29) is 11.1 Å². The lowest BCUT2D eigenvalue weighted by atomic mass is 10.3. The van der Waals surface area contributed by atoms with Gasteiger partial charge in [0.05, 0.1) is 5.69 Å². The van der Waals surface area contributed by atoms with Crippen LogP contribution in [0.25, 0.3) is 5.78 Å². The molecule has 0 saturated carbocycles. The van der Waals surface area contributed by atoms with Gasteiger partial charge < -0.3 is 10.1 Å². The van der Waals surface area contributed by atoms with E-state index in [1.165, 1.54) is 23.8 Å². The van der Waals surface area contributed by atoms with E-state index in [0.29, 0.717) is 23.1 Å². The summed E-state index contributed by atoms with van der Waals surface area (Å²) in [5.74, 6) is 0.950. The lowest BCUT2D eigenvalue weighted by Gasteiger charge is -2.11. The standard InChI is InChI=1S/C13H10ClN5O2/c1-8(20)17-9-4-2-3-5-10(9)21-12-6-11(14)18-13-15-7-16-19(12)13/h2-7H,1H3,(H,17,20). The van der Waals surface area contributed by atoms with Crippen molar-refractivity contribution >= 4 is 29.0 Å². The van der Waals surface area contributed by atoms with E-state index in [0.717, 1.165) is 0 Å². The van der Waals surface area contributed by atoms with Crippen LogP contribution in [0.3, 0.4) is 0 Å². The predicted octanol–water partition coefficient (Wildman–Crippen LogP) is 2.53. The van der Waals surface area contributed by atoms with E-state index in [9.17, 15) is 4.79 Å². The number of aromatic nitrogens is 4. The van der Waals surface area contributed by atoms with E-state index < -0.39 is 0 Å². The number of carbonyl (C=O) groups is 1. The second-order valence-corrected chi connectivity index (χ2v) is 4.56. The Labute approximate surface area is 124 Å². The normalized spacial score (nSPS) is 10.6. The van der Waals surface area contributed by atoms with Crippen molar-refractivity contribution < 1.29 is 9.53 Å². The van der Waals surface area contributed by atoms with E-state index in [4.69, 9.17) is 16.3 Å². The first kappa shape index (κ1) is 13.3. The van der Waals surface area contributed by atoms with Crippen molar-refractivity contribution in [3.63, 3.8) is 0 Å². The first-order chi connectivity index (χ1) is 10.1. The number of anilines is 1. The van der Waals surface area contributed by atoms with Crippen LogP contribution in [-0.2, 0) is 4.79 Å². The van der Waals surface area contributed by atoms with Crippen LogP contribution in [0.5, 0.6) is 11.6 Å². The first-order valence-corrected chi connectivity index (χ1v) is 6.42. The molecule has 0 spiro atoms. The molecule has 0 aliphatic carbocycles. The molecule has 0 aliphatic heterocycles. The fourth-order valence-corrected chi connectivity index (χ4v) is 1.96. The van der Waals surface area contributed by atoms with Crippen molar-refractivity contribution in [2.75, 3.05) is 5.32 Å². The van der Waals surface area contributed by atoms with E-state index in [1.54, 1.807) is 24.3 Å². The van der Waals surface area contributed by atoms with Gasteiger partial charge in [-0.05, 0) is 12.1 Å². The highest BCUT2D eigenvalue weighted by Gasteiger charge is 2.11. The van der Waals surface area contributed by atoms with Crippen molar-refractivity contribution in [3.8, 4) is 11.6 Å². The fraction of sp³-hybridized carbons (Fsp3) is 0.0769. The van der Waals surface area contributed by atoms with E-state index >= 15 is 0 Å². The average Bonchev–Trinajstić information content (AvgIpc) is 2.88. The molecule has 0 fully saturated rings. The Hall–Kier alpha value is -2.67. The number of para-hydroxylation sites is 2. The van der Waals surface area contributed by atoms with Gasteiger partial charge in [-0.3, -0.25) is 4.79 Å². The molecule has 21 heavy (non-hydrogen) atoms. The number of nitrogens with zero attached hydrogens (tertiary/aromatic N) is 4. The zero-order chi connectivity index (χ0) is 14.8. The summed E-state index contributed by atoms with van der Waals surface area (Å²) in [6.07, 6.45) is 1.35. The summed E-state index contributed by atoms with van der Waals surface area (Å²) in [4.78, 5) is 19.2. The number of benzene rings is 1. The molecule has 106 valence electrons. The first-order valence-electron chi connectivity index (χ1n) is 6.04. The second-order valence-electron chi connectivity index (χ2n) is 4.17. The topological polar surface area (TPSA) is 81.4 Å². The van der Waals surface area contributed by atoms with Crippen LogP contribution < -0.4 is 10.1 Å². The number of hydrogen-bond donors (Lipinski definition) is 1. The van der Waals surface area contributed by atoms with E-state index in [2.05, 4.69) is 20.4 Å². The fourth-order valence-electron chi connectivity index (χ4n) is 1.79. The van der Waals surface area contributed by atoms with Crippen LogP contribution in [0.1, 0.15) is 6.92 Å². The van der Waals surface area contributed by atoms with Crippen LogP contribution in [0.15, 0.2) is 36.7 Å². The van der Waals surface area contributed by atoms with Crippen molar-refractivity contribution in [1.82, 2.24) is 19.6 Å². The molecule has 7 nitrogen and oxygen atoms in total. The summed E-state index contributed by atoms with van der Waals surface area (Å²) >= 11 is 5.93. The number of rotatable bonds is 3. The molecule has 3 rings (SSSR count). The number of fused-ring (bicyclic) bond motifs is 1. The maximum absolute atomic E-state index is 11.2. The van der Waals surface area contributed by atoms with Gasteiger partial charge in [0.25, 0.3) is 5.78 Å². The zero-order valence-electron chi connectivity index (χ0n) is 10.9. The SMILES string of the molecule is CC(=O)Nc1ccccc1Oc1cc(Cl)nc2ncnn12. The number of hydrogen-bond acceptors (Lipinski definition) is 5. The molecule has 1 amide bonds. The van der Waals surface area contributed by atoms with Crippen LogP contribution >= 0.6 is 11.6 Å². The third kappa shape index (κ3) is 2.77. The van der Waals surface area contributed by atoms with Gasteiger partial charge in [-0.1, -0.05) is 23.7 Å². The minimum atomic E-state index is -0.190. The Morgan fingerprint density at radius 1 is 1.38 bits per heavy atom. The minimum Gasteiger partial charge on any atom is -0.437 e. The highest BCUT2D eigenvalue weighted by molar-refractivity contribution is 6.29. The minimum absolute atomic E-state index is 0.190. The smallest absolute Gasteiger partial charge is 0.256 e. The van der Waals surface area contributed by atoms with Gasteiger partial charge in [0.15, 0.2) is 5.75 Å². The van der Waals surface area contributed by atoms with Gasteiger partial charge in [-0.25, -0.2) is 0 Å². The largest absolute Gasteiger partial charge is 0.437 e. The summed E-state index contributed by atoms with van der Waals surface area (Å²) in [6, 6.07) is 8.57. The Balaban J connectivity index is 2.02. The van der Waals surface area contributed by atoms with Gasteiger partial charge in [0, 0.05) is 13.0 Å². The molecule has 1 aromatic carbocycles. The molecule has 0 radical (unpaired) electrons. The molecular weight excluding hydrogens is 294 g/mol. The molecule has 2 heterocycles. The van der Waals surface area contributed by atoms with Crippen molar-refractivity contribution in [2.45, 2.75) is 6.92 Å². The predicted molar refractivity (Wildman–Crippen MR) is 76.6 cm³/mol. The summed E-state index contributed by atoms with van der Waals surface area (Å²) in [5.41, 5.74) is 0.547. The number of halogens is 1. The molecular formula is C13H10ClN5O2. The lowest BCUT2D eigenvalue weighted by Crippen LogP contribution is -2.07. The lowest BCUT2D eigenvalue weighted by molar-refractivity contribution is -0.114. The second kappa shape index (κ2) is 5.37. The van der Waals surface area contributed by atoms with Crippen LogP contribution in [0, 0.1) is 0 Å². The molecule has 1 N–H and O–H groups in total. The molecule has 2 aromatic heterocycles. The number of nitrogens with one attached hydrogen (secondary N) is 1. The number of carbonyl (C=O) groups excluding carboxylic acids is 1. The maximum Gasteiger partial charge on any atom is 0.256 e. The summed E-state index contributed by atoms with van der Waals surface area (Å²) < 4.78 is 7.20. The highest BCUT2D eigenvalue weighted by atomic mass is 35.5. The number of ether oxygens (including phenoxy) is 1. The molecule has 0 atom stereocenters. The Bertz CT molecular complexity index is 817. The van der Waals surface area contributed by atoms with Gasteiger partial charge in [-0.2, -0.15) is 19.6 Å². The molecule has 3 aromatic rings. The highest BCUT2D eigenvalue weighted by Crippen LogP contribution is 2.30. The summed E-state index contributed by atoms with van der Waals surface area (Å²) in [7, 11) is 0. The number of amides is 1. The zero-order valence-corrected chi connectivity index (χ0v) is 11.7. The van der Waals surface area contributed by atoms with Gasteiger partial charge >= 0.3 is 0 Å². The third-order valence-corrected chi connectivity index (χ3v) is 2.79. The van der Waals surface area contributed by atoms with Crippen molar-refractivity contribution in [2.24, 2.45) is 0 Å². The summed E-state index contributed by atoms with van der Waals surface area (Å²) in [6.45, 7) is 1.43. The molecule has 0 saturated heterocycles. The average molecular weight is 304 g/mol. The molecule has 8 heteroatoms. The molecule has 0 unspecified atom stereocenters. The summed E-state index contributed by atoms with van der Waals surface area (Å²) in [5, 5.41) is 6.95. The monoisotopic (exact) mass is 303 g/mol. The van der Waals surface area contributed by atoms with Crippen molar-refractivity contribution in [1.29, 1.82) is 0 Å². The van der Waals surface area contributed by atoms with Gasteiger partial charge in [-0.15, -0.1) is 0 Å². The van der Waals surface area contributed by atoms with Crippen LogP contribution in [0.4, 0.5) is 5.69 Å². The quantitative estimate of drug-likeness (QED) is 0.752. The molecule has 0 aliphatic rings. The Morgan fingerprint density at radius 3 is 3.00 bits per heavy atom. The third-order valence-electron chi connectivity index (χ3n) is 2.60. The van der Waals surface area contributed by atoms with Crippen molar-refractivity contribution in [3.05, 3.63) is 41.8 Å². The Morgan fingerprint density at radius 2 is 2.19 bits per heavy atom. The van der Waals surface area contributed by atoms with Crippen LogP contribution in [-0.4, -0.2) is 25.5 Å². The molecule has 0 bridgehead atoms. The Kier molecular flexibility index (Phi) is 3.41. The van der Waals surface area contributed by atoms with Gasteiger partial charge in [0.2, 0.25) is 11.8 Å². The van der Waals surface area contributed by atoms with Crippen LogP contribution in [0.2, 0.25) is 5.15 Å².